The van der Waals surface area contributed by atoms with E-state index in [0.29, 0.717) is 26.1 Å². The molecule has 0 bridgehead atoms. The summed E-state index contributed by atoms with van der Waals surface area (Å²) >= 11 is 0. The highest BCUT2D eigenvalue weighted by Crippen LogP contribution is 2.37. The van der Waals surface area contributed by atoms with Gasteiger partial charge in [-0.3, -0.25) is 19.4 Å². The zero-order valence-electron chi connectivity index (χ0n) is 38.8. The SMILES string of the molecule is Cc1ccc(N2N=C3c4cc(OCCCN5CCOCC5)ccc4CCC3CC2=O)cc1.Cc1ccc(N2N=C3c4cc(OCCCN5CCOCC5)ccc4CCC3CC2=O)cc1.Cl.Cl.O. The first kappa shape index (κ1) is 51.5. The minimum absolute atomic E-state index is 0. The average molecular weight is 958 g/mol. The summed E-state index contributed by atoms with van der Waals surface area (Å²) < 4.78 is 23.0. The molecule has 13 nitrogen and oxygen atoms in total. The number of halogens is 2. The number of hydrogen-bond acceptors (Lipinski definition) is 10. The number of rotatable bonds is 12. The van der Waals surface area contributed by atoms with Crippen molar-refractivity contribution in [2.75, 3.05) is 88.9 Å². The highest BCUT2D eigenvalue weighted by Gasteiger charge is 2.36. The smallest absolute Gasteiger partial charge is 0.248 e. The second-order valence-corrected chi connectivity index (χ2v) is 17.9. The van der Waals surface area contributed by atoms with Gasteiger partial charge in [0.15, 0.2) is 0 Å². The first-order valence-electron chi connectivity index (χ1n) is 23.4. The summed E-state index contributed by atoms with van der Waals surface area (Å²) in [6.07, 6.45) is 6.92. The largest absolute Gasteiger partial charge is 0.494 e. The van der Waals surface area contributed by atoms with Crippen LogP contribution in [0.4, 0.5) is 11.4 Å². The number of carbonyl (C=O) groups is 2. The third-order valence-corrected chi connectivity index (χ3v) is 13.3. The maximum Gasteiger partial charge on any atom is 0.248 e. The lowest BCUT2D eigenvalue weighted by molar-refractivity contribution is -0.120. The molecule has 2 fully saturated rings. The van der Waals surface area contributed by atoms with Crippen LogP contribution in [0.2, 0.25) is 0 Å². The van der Waals surface area contributed by atoms with Gasteiger partial charge in [0.05, 0.1) is 62.4 Å². The molecule has 2 amide bonds. The molecule has 4 aromatic carbocycles. The summed E-state index contributed by atoms with van der Waals surface area (Å²) in [7, 11) is 0. The molecule has 10 rings (SSSR count). The molecule has 67 heavy (non-hydrogen) atoms. The van der Waals surface area contributed by atoms with Crippen LogP contribution in [-0.4, -0.2) is 117 Å². The Morgan fingerprint density at radius 3 is 1.34 bits per heavy atom. The molecule has 0 radical (unpaired) electrons. The van der Waals surface area contributed by atoms with Crippen molar-refractivity contribution in [3.8, 4) is 11.5 Å². The number of fused-ring (bicyclic) bond motifs is 6. The van der Waals surface area contributed by atoms with Crippen LogP contribution in [-0.2, 0) is 31.9 Å². The number of nitrogens with zero attached hydrogens (tertiary/aromatic N) is 6. The van der Waals surface area contributed by atoms with Gasteiger partial charge in [0, 0.05) is 75.1 Å². The number of ether oxygens (including phenoxy) is 4. The van der Waals surface area contributed by atoms with E-state index in [9.17, 15) is 9.59 Å². The minimum Gasteiger partial charge on any atom is -0.494 e. The summed E-state index contributed by atoms with van der Waals surface area (Å²) in [6, 6.07) is 28.7. The van der Waals surface area contributed by atoms with Crippen molar-refractivity contribution >= 4 is 59.4 Å². The standard InChI is InChI=1S/2C26H31N3O3.2ClH.H2O/c2*1-19-3-8-22(9-4-19)29-25(30)17-21-6-5-20-7-10-23(18-24(20)26(21)27-29)32-14-2-11-28-12-15-31-16-13-28;;;/h2*3-4,7-10,18,21H,2,5-6,11-17H2,1H3;2*1H;1H2. The number of hydrazone groups is 2. The Morgan fingerprint density at radius 1 is 0.567 bits per heavy atom. The molecule has 4 aromatic rings. The predicted molar refractivity (Wildman–Crippen MR) is 269 cm³/mol. The molecule has 2 saturated heterocycles. The molecule has 4 aliphatic heterocycles. The van der Waals surface area contributed by atoms with Crippen molar-refractivity contribution in [1.82, 2.24) is 9.80 Å². The summed E-state index contributed by atoms with van der Waals surface area (Å²) in [5.74, 6) is 2.28. The van der Waals surface area contributed by atoms with Gasteiger partial charge in [0.1, 0.15) is 11.5 Å². The fraction of sp³-hybridized carbons (Fsp3) is 0.462. The molecular weight excluding hydrogens is 892 g/mol. The number of amides is 2. The van der Waals surface area contributed by atoms with Gasteiger partial charge in [-0.2, -0.15) is 10.2 Å². The molecule has 6 aliphatic rings. The number of anilines is 2. The monoisotopic (exact) mass is 956 g/mol. The van der Waals surface area contributed by atoms with Crippen molar-refractivity contribution in [2.45, 2.75) is 65.2 Å². The Bertz CT molecular complexity index is 2170. The van der Waals surface area contributed by atoms with Gasteiger partial charge >= 0.3 is 0 Å². The Balaban J connectivity index is 0.000000212. The van der Waals surface area contributed by atoms with E-state index in [-0.39, 0.29) is 53.9 Å². The van der Waals surface area contributed by atoms with E-state index in [1.54, 1.807) is 10.0 Å². The quantitative estimate of drug-likeness (QED) is 0.132. The fourth-order valence-corrected chi connectivity index (χ4v) is 9.55. The molecule has 0 spiro atoms. The van der Waals surface area contributed by atoms with Gasteiger partial charge in [-0.05, 0) is 112 Å². The van der Waals surface area contributed by atoms with E-state index >= 15 is 0 Å². The third kappa shape index (κ3) is 12.8. The fourth-order valence-electron chi connectivity index (χ4n) is 9.55. The highest BCUT2D eigenvalue weighted by atomic mass is 35.5. The summed E-state index contributed by atoms with van der Waals surface area (Å²) in [4.78, 5) is 30.5. The van der Waals surface area contributed by atoms with E-state index in [1.807, 2.05) is 62.4 Å². The molecule has 2 unspecified atom stereocenters. The van der Waals surface area contributed by atoms with Gasteiger partial charge in [-0.15, -0.1) is 24.8 Å². The molecule has 2 N–H and O–H groups in total. The Labute approximate surface area is 407 Å². The van der Waals surface area contributed by atoms with Crippen LogP contribution in [0.5, 0.6) is 11.5 Å². The number of benzene rings is 4. The van der Waals surface area contributed by atoms with Crippen LogP contribution in [0.1, 0.15) is 71.9 Å². The molecule has 0 aromatic heterocycles. The van der Waals surface area contributed by atoms with Gasteiger partial charge in [0.2, 0.25) is 11.8 Å². The van der Waals surface area contributed by atoms with Crippen LogP contribution in [0.3, 0.4) is 0 Å². The zero-order chi connectivity index (χ0) is 43.8. The van der Waals surface area contributed by atoms with Crippen LogP contribution >= 0.6 is 24.8 Å². The number of morpholine rings is 2. The van der Waals surface area contributed by atoms with Crippen LogP contribution in [0.25, 0.3) is 0 Å². The Kier molecular flexibility index (Phi) is 18.8. The predicted octanol–water partition coefficient (Wildman–Crippen LogP) is 7.62. The maximum absolute atomic E-state index is 12.8. The molecule has 360 valence electrons. The van der Waals surface area contributed by atoms with Gasteiger partial charge in [0.25, 0.3) is 0 Å². The number of hydrogen-bond donors (Lipinski definition) is 0. The normalized spacial score (nSPS) is 20.1. The topological polar surface area (TPSA) is 140 Å². The zero-order valence-corrected chi connectivity index (χ0v) is 40.5. The molecule has 0 saturated carbocycles. The lowest BCUT2D eigenvalue weighted by Gasteiger charge is -2.33. The molecular formula is C52H66Cl2N6O7. The van der Waals surface area contributed by atoms with E-state index < -0.39 is 0 Å². The lowest BCUT2D eigenvalue weighted by Crippen LogP contribution is -2.39. The lowest BCUT2D eigenvalue weighted by atomic mass is 9.79. The van der Waals surface area contributed by atoms with E-state index in [2.05, 4.69) is 46.2 Å². The Morgan fingerprint density at radius 2 is 0.955 bits per heavy atom. The summed E-state index contributed by atoms with van der Waals surface area (Å²) in [5.41, 5.74) is 10.9. The second-order valence-electron chi connectivity index (χ2n) is 17.9. The van der Waals surface area contributed by atoms with Crippen molar-refractivity contribution in [2.24, 2.45) is 22.0 Å². The number of carbonyl (C=O) groups excluding carboxylic acids is 2. The summed E-state index contributed by atoms with van der Waals surface area (Å²) in [5, 5.41) is 12.9. The third-order valence-electron chi connectivity index (χ3n) is 13.3. The van der Waals surface area contributed by atoms with Gasteiger partial charge in [-0.25, -0.2) is 10.0 Å². The van der Waals surface area contributed by atoms with Crippen molar-refractivity contribution < 1.29 is 34.0 Å². The van der Waals surface area contributed by atoms with Crippen LogP contribution in [0, 0.1) is 25.7 Å². The molecule has 15 heteroatoms. The molecule has 2 aliphatic carbocycles. The van der Waals surface area contributed by atoms with Crippen LogP contribution < -0.4 is 19.5 Å². The van der Waals surface area contributed by atoms with E-state index in [0.717, 1.165) is 150 Å². The average Bonchev–Trinajstić information content (AvgIpc) is 3.33. The van der Waals surface area contributed by atoms with E-state index in [4.69, 9.17) is 29.2 Å². The summed E-state index contributed by atoms with van der Waals surface area (Å²) in [6.45, 7) is 14.9. The van der Waals surface area contributed by atoms with Crippen molar-refractivity contribution in [3.05, 3.63) is 118 Å². The minimum atomic E-state index is 0. The molecule has 2 atom stereocenters. The first-order valence-corrected chi connectivity index (χ1v) is 23.4. The highest BCUT2D eigenvalue weighted by molar-refractivity contribution is 6.12. The number of aryl methyl sites for hydroxylation is 4. The maximum atomic E-state index is 12.8. The second kappa shape index (κ2) is 24.4. The van der Waals surface area contributed by atoms with Crippen molar-refractivity contribution in [3.63, 3.8) is 0 Å². The molecule has 4 heterocycles. The van der Waals surface area contributed by atoms with Gasteiger partial charge < -0.3 is 24.4 Å². The first-order chi connectivity index (χ1) is 31.3. The van der Waals surface area contributed by atoms with Gasteiger partial charge in [-0.1, -0.05) is 47.5 Å². The van der Waals surface area contributed by atoms with E-state index in [1.165, 1.54) is 22.3 Å². The van der Waals surface area contributed by atoms with Crippen molar-refractivity contribution in [1.29, 1.82) is 0 Å². The van der Waals surface area contributed by atoms with Crippen LogP contribution in [0.15, 0.2) is 95.1 Å². The Hall–Kier alpha value is -4.86.